The number of carbonyl (C=O) groups excluding carboxylic acids is 2. The molecule has 3 N–H and O–H groups in total. The molecular formula is C31H39FN6O3. The third-order valence-electron chi connectivity index (χ3n) is 6.39. The lowest BCUT2D eigenvalue weighted by molar-refractivity contribution is -0.105. The molecule has 0 aliphatic carbocycles. The zero-order chi connectivity index (χ0) is 30.2. The summed E-state index contributed by atoms with van der Waals surface area (Å²) in [5.41, 5.74) is 8.90. The van der Waals surface area contributed by atoms with E-state index in [0.717, 1.165) is 41.5 Å². The van der Waals surface area contributed by atoms with Crippen LogP contribution in [-0.4, -0.2) is 58.5 Å². The highest BCUT2D eigenvalue weighted by atomic mass is 19.1. The highest BCUT2D eigenvalue weighted by Gasteiger charge is 2.17. The van der Waals surface area contributed by atoms with Gasteiger partial charge in [-0.2, -0.15) is 5.10 Å². The van der Waals surface area contributed by atoms with Crippen molar-refractivity contribution in [1.82, 2.24) is 19.7 Å². The first-order valence-electron chi connectivity index (χ1n) is 13.5. The maximum Gasteiger partial charge on any atom is 0.211 e. The second kappa shape index (κ2) is 14.0. The number of benzene rings is 2. The van der Waals surface area contributed by atoms with Gasteiger partial charge in [-0.05, 0) is 82.6 Å². The summed E-state index contributed by atoms with van der Waals surface area (Å²) in [7, 11) is 2.07. The largest absolute Gasteiger partial charge is 0.456 e. The molecule has 0 radical (unpaired) electrons. The fraction of sp³-hybridized carbons (Fsp3) is 0.355. The van der Waals surface area contributed by atoms with Gasteiger partial charge in [-0.15, -0.1) is 0 Å². The number of pyridine rings is 1. The monoisotopic (exact) mass is 562 g/mol. The van der Waals surface area contributed by atoms with Gasteiger partial charge in [-0.25, -0.2) is 4.39 Å². The van der Waals surface area contributed by atoms with Gasteiger partial charge in [0.05, 0.1) is 22.9 Å². The van der Waals surface area contributed by atoms with Crippen LogP contribution < -0.4 is 15.8 Å². The summed E-state index contributed by atoms with van der Waals surface area (Å²) >= 11 is 0. The first-order valence-corrected chi connectivity index (χ1v) is 13.5. The van der Waals surface area contributed by atoms with E-state index >= 15 is 0 Å². The third kappa shape index (κ3) is 8.67. The van der Waals surface area contributed by atoms with E-state index in [4.69, 9.17) is 10.5 Å². The fourth-order valence-electron chi connectivity index (χ4n) is 4.10. The molecule has 5 rings (SSSR count). The Morgan fingerprint density at radius 1 is 1.15 bits per heavy atom. The van der Waals surface area contributed by atoms with E-state index in [-0.39, 0.29) is 11.4 Å². The van der Waals surface area contributed by atoms with Crippen LogP contribution in [0.15, 0.2) is 55.0 Å². The zero-order valence-electron chi connectivity index (χ0n) is 24.5. The number of rotatable bonds is 6. The van der Waals surface area contributed by atoms with Gasteiger partial charge >= 0.3 is 0 Å². The van der Waals surface area contributed by atoms with Crippen molar-refractivity contribution >= 4 is 29.3 Å². The van der Waals surface area contributed by atoms with Crippen LogP contribution in [0.1, 0.15) is 49.2 Å². The Morgan fingerprint density at radius 3 is 2.41 bits per heavy atom. The van der Waals surface area contributed by atoms with Crippen molar-refractivity contribution in [3.05, 3.63) is 77.5 Å². The number of aryl methyl sites for hydroxylation is 2. The number of hydrogen-bond acceptors (Lipinski definition) is 7. The van der Waals surface area contributed by atoms with Crippen LogP contribution in [0.25, 0.3) is 10.9 Å². The van der Waals surface area contributed by atoms with Crippen molar-refractivity contribution < 1.29 is 18.7 Å². The fourth-order valence-corrected chi connectivity index (χ4v) is 4.10. The number of anilines is 1. The predicted octanol–water partition coefficient (Wildman–Crippen LogP) is 5.32. The van der Waals surface area contributed by atoms with Crippen LogP contribution in [0, 0.1) is 12.7 Å². The van der Waals surface area contributed by atoms with Gasteiger partial charge in [0.1, 0.15) is 23.6 Å². The summed E-state index contributed by atoms with van der Waals surface area (Å²) < 4.78 is 21.7. The molecule has 0 spiro atoms. The number of nitrogens with two attached hydrogens (primary N) is 1. The van der Waals surface area contributed by atoms with Gasteiger partial charge < -0.3 is 20.7 Å². The lowest BCUT2D eigenvalue weighted by atomic mass is 10.1. The van der Waals surface area contributed by atoms with Gasteiger partial charge in [0.25, 0.3) is 0 Å². The second-order valence-electron chi connectivity index (χ2n) is 11.0. The molecular weight excluding hydrogens is 523 g/mol. The van der Waals surface area contributed by atoms with Crippen LogP contribution in [0.3, 0.4) is 0 Å². The predicted molar refractivity (Wildman–Crippen MR) is 160 cm³/mol. The SMILES string of the molecule is CC(C)(C)n1cc(NC=O)cn1.CCc1cc(C)c(Oc2ccnc3ccc(C=O)cc23)cc1F.CN1CC(N)C1. The van der Waals surface area contributed by atoms with E-state index in [0.29, 0.717) is 41.5 Å². The van der Waals surface area contributed by atoms with Crippen molar-refractivity contribution in [1.29, 1.82) is 0 Å². The summed E-state index contributed by atoms with van der Waals surface area (Å²) in [6.07, 6.45) is 7.10. The van der Waals surface area contributed by atoms with E-state index in [2.05, 4.69) is 27.3 Å². The van der Waals surface area contributed by atoms with Crippen molar-refractivity contribution in [2.24, 2.45) is 5.73 Å². The number of likely N-dealkylation sites (tertiary alicyclic amines) is 1. The van der Waals surface area contributed by atoms with Crippen molar-refractivity contribution in [2.45, 2.75) is 52.6 Å². The van der Waals surface area contributed by atoms with Gasteiger partial charge in [0.15, 0.2) is 0 Å². The molecule has 0 atom stereocenters. The average molecular weight is 563 g/mol. The molecule has 218 valence electrons. The topological polar surface area (TPSA) is 115 Å². The molecule has 2 aromatic heterocycles. The smallest absolute Gasteiger partial charge is 0.211 e. The maximum atomic E-state index is 14.0. The summed E-state index contributed by atoms with van der Waals surface area (Å²) in [6.45, 7) is 12.1. The van der Waals surface area contributed by atoms with Gasteiger partial charge in [0, 0.05) is 48.5 Å². The molecule has 0 saturated carbocycles. The molecule has 4 aromatic rings. The second-order valence-corrected chi connectivity index (χ2v) is 11.0. The Kier molecular flexibility index (Phi) is 10.7. The van der Waals surface area contributed by atoms with Crippen molar-refractivity contribution in [2.75, 3.05) is 25.5 Å². The minimum atomic E-state index is -0.278. The van der Waals surface area contributed by atoms with E-state index in [1.165, 1.54) is 6.07 Å². The Labute approximate surface area is 240 Å². The summed E-state index contributed by atoms with van der Waals surface area (Å²) in [5.74, 6) is 0.731. The van der Waals surface area contributed by atoms with E-state index < -0.39 is 0 Å². The van der Waals surface area contributed by atoms with Crippen LogP contribution in [0.2, 0.25) is 0 Å². The van der Waals surface area contributed by atoms with Crippen molar-refractivity contribution in [3.63, 3.8) is 0 Å². The van der Waals surface area contributed by atoms with E-state index in [1.807, 2.05) is 34.6 Å². The average Bonchev–Trinajstić information content (AvgIpc) is 3.40. The molecule has 0 unspecified atom stereocenters. The Hall–Kier alpha value is -4.15. The lowest BCUT2D eigenvalue weighted by Gasteiger charge is -2.32. The molecule has 2 aromatic carbocycles. The summed E-state index contributed by atoms with van der Waals surface area (Å²) in [6, 6.07) is 10.6. The first-order chi connectivity index (χ1) is 19.4. The molecule has 9 nitrogen and oxygen atoms in total. The molecule has 1 amide bonds. The highest BCUT2D eigenvalue weighted by Crippen LogP contribution is 2.32. The number of nitrogens with one attached hydrogen (secondary N) is 1. The zero-order valence-corrected chi connectivity index (χ0v) is 24.5. The minimum absolute atomic E-state index is 0.0389. The summed E-state index contributed by atoms with van der Waals surface area (Å²) in [5, 5.41) is 7.36. The molecule has 10 heteroatoms. The van der Waals surface area contributed by atoms with Crippen LogP contribution in [0.4, 0.5) is 10.1 Å². The standard InChI is InChI=1S/C19H16FNO2.C8H13N3O.C4H10N2/c1-3-14-8-12(2)19(10-16(14)20)23-18-6-7-21-17-5-4-13(11-22)9-15(17)18;1-8(2,3)11-5-7(4-10-11)9-6-12;1-6-2-4(5)3-6/h4-11H,3H2,1-2H3;4-6H,1-3H3,(H,9,12);4H,2-3,5H2,1H3. The number of carbonyl (C=O) groups is 2. The van der Waals surface area contributed by atoms with E-state index in [9.17, 15) is 14.0 Å². The van der Waals surface area contributed by atoms with Crippen LogP contribution in [-0.2, 0) is 16.8 Å². The number of hydrogen-bond donors (Lipinski definition) is 2. The Morgan fingerprint density at radius 2 is 1.88 bits per heavy atom. The quantitative estimate of drug-likeness (QED) is 0.306. The Bertz CT molecular complexity index is 1470. The van der Waals surface area contributed by atoms with Crippen LogP contribution >= 0.6 is 0 Å². The molecule has 41 heavy (non-hydrogen) atoms. The number of aldehydes is 1. The maximum absolute atomic E-state index is 14.0. The van der Waals surface area contributed by atoms with Gasteiger partial charge in [-0.1, -0.05) is 6.92 Å². The lowest BCUT2D eigenvalue weighted by Crippen LogP contribution is -2.53. The molecule has 1 aliphatic heterocycles. The van der Waals surface area contributed by atoms with E-state index in [1.54, 1.807) is 53.6 Å². The minimum Gasteiger partial charge on any atom is -0.456 e. The number of halogens is 1. The number of amides is 1. The highest BCUT2D eigenvalue weighted by molar-refractivity contribution is 5.90. The molecule has 1 aliphatic rings. The molecule has 1 fully saturated rings. The number of likely N-dealkylation sites (N-methyl/N-ethyl adjacent to an activating group) is 1. The third-order valence-corrected chi connectivity index (χ3v) is 6.39. The number of nitrogens with zero attached hydrogens (tertiary/aromatic N) is 4. The molecule has 1 saturated heterocycles. The normalized spacial score (nSPS) is 13.3. The van der Waals surface area contributed by atoms with Crippen LogP contribution in [0.5, 0.6) is 11.5 Å². The Balaban J connectivity index is 0.000000212. The number of aromatic nitrogens is 3. The molecule has 0 bridgehead atoms. The first kappa shape index (κ1) is 31.4. The number of ether oxygens (including phenoxy) is 1. The van der Waals surface area contributed by atoms with Gasteiger partial charge in [-0.3, -0.25) is 19.3 Å². The number of fused-ring (bicyclic) bond motifs is 1. The van der Waals surface area contributed by atoms with Gasteiger partial charge in [0.2, 0.25) is 6.41 Å². The molecule has 3 heterocycles. The summed E-state index contributed by atoms with van der Waals surface area (Å²) in [4.78, 5) is 27.5. The van der Waals surface area contributed by atoms with Crippen molar-refractivity contribution in [3.8, 4) is 11.5 Å².